The zero-order valence-corrected chi connectivity index (χ0v) is 10.1. The number of alkyl halides is 1. The summed E-state index contributed by atoms with van der Waals surface area (Å²) in [6.07, 6.45) is 3.18. The van der Waals surface area contributed by atoms with Gasteiger partial charge in [-0.2, -0.15) is 5.10 Å². The second-order valence-corrected chi connectivity index (χ2v) is 4.55. The third-order valence-electron chi connectivity index (χ3n) is 3.32. The Kier molecular flexibility index (Phi) is 2.54. The first-order valence-corrected chi connectivity index (χ1v) is 6.08. The van der Waals surface area contributed by atoms with Gasteiger partial charge in [-0.1, -0.05) is 6.92 Å². The van der Waals surface area contributed by atoms with Crippen LogP contribution < -0.4 is 4.90 Å². The van der Waals surface area contributed by atoms with E-state index in [9.17, 15) is 9.18 Å². The number of Topliss-reactive ketones (excluding diaryl/α,β-unsaturated/α-hetero) is 1. The predicted octanol–water partition coefficient (Wildman–Crippen LogP) is 2.09. The maximum atomic E-state index is 12.8. The number of rotatable bonds is 3. The van der Waals surface area contributed by atoms with Crippen LogP contribution in [0.25, 0.3) is 5.52 Å². The number of carbonyl (C=O) groups excluding carboxylic acids is 1. The molecule has 0 aromatic carbocycles. The summed E-state index contributed by atoms with van der Waals surface area (Å²) in [6, 6.07) is 3.78. The Bertz CT molecular complexity index is 601. The van der Waals surface area contributed by atoms with Gasteiger partial charge in [0.15, 0.2) is 5.78 Å². The lowest BCUT2D eigenvalue weighted by molar-refractivity contribution is 0.0989. The van der Waals surface area contributed by atoms with Gasteiger partial charge >= 0.3 is 0 Å². The second-order valence-electron chi connectivity index (χ2n) is 4.55. The van der Waals surface area contributed by atoms with Crippen LogP contribution in [0.5, 0.6) is 0 Å². The number of fused-ring (bicyclic) bond motifs is 1. The molecule has 3 rings (SSSR count). The van der Waals surface area contributed by atoms with Crippen LogP contribution in [0, 0.1) is 0 Å². The topological polar surface area (TPSA) is 37.6 Å². The summed E-state index contributed by atoms with van der Waals surface area (Å²) in [7, 11) is 0. The molecule has 0 unspecified atom stereocenters. The van der Waals surface area contributed by atoms with Crippen molar-refractivity contribution in [3.05, 3.63) is 30.1 Å². The fourth-order valence-corrected chi connectivity index (χ4v) is 2.20. The predicted molar refractivity (Wildman–Crippen MR) is 66.9 cm³/mol. The van der Waals surface area contributed by atoms with Gasteiger partial charge < -0.3 is 4.90 Å². The normalized spacial score (nSPS) is 16.0. The van der Waals surface area contributed by atoms with Gasteiger partial charge in [-0.25, -0.2) is 8.91 Å². The fourth-order valence-electron chi connectivity index (χ4n) is 2.20. The van der Waals surface area contributed by atoms with Crippen molar-refractivity contribution in [3.63, 3.8) is 0 Å². The highest BCUT2D eigenvalue weighted by Gasteiger charge is 2.26. The van der Waals surface area contributed by atoms with Crippen LogP contribution in [-0.4, -0.2) is 34.7 Å². The van der Waals surface area contributed by atoms with Crippen molar-refractivity contribution in [2.24, 2.45) is 0 Å². The number of anilines is 1. The first kappa shape index (κ1) is 11.2. The van der Waals surface area contributed by atoms with Crippen molar-refractivity contribution >= 4 is 17.0 Å². The highest BCUT2D eigenvalue weighted by atomic mass is 19.1. The molecule has 3 heterocycles. The summed E-state index contributed by atoms with van der Waals surface area (Å²) in [5, 5.41) is 4.18. The Labute approximate surface area is 104 Å². The van der Waals surface area contributed by atoms with Gasteiger partial charge in [0.25, 0.3) is 0 Å². The molecular weight excluding hydrogens is 233 g/mol. The number of halogens is 1. The SMILES string of the molecule is CCC(=O)c1cnn2cc(N3CC(F)C3)ccc12. The van der Waals surface area contributed by atoms with Crippen molar-refractivity contribution in [2.45, 2.75) is 19.5 Å². The van der Waals surface area contributed by atoms with E-state index in [0.717, 1.165) is 11.2 Å². The van der Waals surface area contributed by atoms with Crippen molar-refractivity contribution in [2.75, 3.05) is 18.0 Å². The zero-order chi connectivity index (χ0) is 12.7. The Hall–Kier alpha value is -1.91. The van der Waals surface area contributed by atoms with Gasteiger partial charge in [0.2, 0.25) is 0 Å². The molecule has 2 aromatic rings. The summed E-state index contributed by atoms with van der Waals surface area (Å²) < 4.78 is 14.5. The van der Waals surface area contributed by atoms with E-state index in [0.29, 0.717) is 25.1 Å². The summed E-state index contributed by atoms with van der Waals surface area (Å²) in [5.74, 6) is 0.0884. The molecule has 0 aliphatic carbocycles. The van der Waals surface area contributed by atoms with E-state index in [1.807, 2.05) is 30.2 Å². The lowest BCUT2D eigenvalue weighted by Crippen LogP contribution is -2.48. The first-order chi connectivity index (χ1) is 8.69. The molecule has 2 aromatic heterocycles. The average Bonchev–Trinajstić information content (AvgIpc) is 2.76. The van der Waals surface area contributed by atoms with Gasteiger partial charge in [0.05, 0.1) is 42.3 Å². The largest absolute Gasteiger partial charge is 0.364 e. The Morgan fingerprint density at radius 1 is 1.50 bits per heavy atom. The molecule has 0 N–H and O–H groups in total. The number of nitrogens with zero attached hydrogens (tertiary/aromatic N) is 3. The van der Waals surface area contributed by atoms with E-state index in [-0.39, 0.29) is 5.78 Å². The van der Waals surface area contributed by atoms with Crippen LogP contribution in [0.15, 0.2) is 24.5 Å². The number of hydrogen-bond acceptors (Lipinski definition) is 3. The molecule has 5 heteroatoms. The van der Waals surface area contributed by atoms with Crippen molar-refractivity contribution in [1.29, 1.82) is 0 Å². The first-order valence-electron chi connectivity index (χ1n) is 6.08. The molecule has 4 nitrogen and oxygen atoms in total. The Balaban J connectivity index is 1.97. The number of aromatic nitrogens is 2. The molecule has 1 aliphatic rings. The lowest BCUT2D eigenvalue weighted by Gasteiger charge is -2.36. The van der Waals surface area contributed by atoms with Gasteiger partial charge in [-0.3, -0.25) is 4.79 Å². The molecule has 94 valence electrons. The maximum absolute atomic E-state index is 12.8. The van der Waals surface area contributed by atoms with E-state index >= 15 is 0 Å². The van der Waals surface area contributed by atoms with E-state index in [1.54, 1.807) is 10.7 Å². The van der Waals surface area contributed by atoms with Crippen LogP contribution >= 0.6 is 0 Å². The van der Waals surface area contributed by atoms with Crippen molar-refractivity contribution in [1.82, 2.24) is 9.61 Å². The molecule has 0 saturated carbocycles. The molecule has 0 atom stereocenters. The summed E-state index contributed by atoms with van der Waals surface area (Å²) >= 11 is 0. The number of hydrogen-bond donors (Lipinski definition) is 0. The van der Waals surface area contributed by atoms with Crippen molar-refractivity contribution in [3.8, 4) is 0 Å². The van der Waals surface area contributed by atoms with Crippen LogP contribution in [0.3, 0.4) is 0 Å². The highest BCUT2D eigenvalue weighted by Crippen LogP contribution is 2.24. The van der Waals surface area contributed by atoms with Gasteiger partial charge in [0, 0.05) is 6.42 Å². The van der Waals surface area contributed by atoms with E-state index in [1.165, 1.54) is 0 Å². The summed E-state index contributed by atoms with van der Waals surface area (Å²) in [4.78, 5) is 13.7. The lowest BCUT2D eigenvalue weighted by atomic mass is 10.1. The quantitative estimate of drug-likeness (QED) is 0.779. The van der Waals surface area contributed by atoms with Crippen LogP contribution in [0.2, 0.25) is 0 Å². The van der Waals surface area contributed by atoms with E-state index in [4.69, 9.17) is 0 Å². The number of ketones is 1. The minimum absolute atomic E-state index is 0.0884. The molecular formula is C13H14FN3O. The van der Waals surface area contributed by atoms with Gasteiger partial charge in [-0.15, -0.1) is 0 Å². The van der Waals surface area contributed by atoms with Crippen LogP contribution in [0.1, 0.15) is 23.7 Å². The Morgan fingerprint density at radius 3 is 2.94 bits per heavy atom. The summed E-state index contributed by atoms with van der Waals surface area (Å²) in [5.41, 5.74) is 2.40. The fraction of sp³-hybridized carbons (Fsp3) is 0.385. The smallest absolute Gasteiger partial charge is 0.166 e. The second kappa shape index (κ2) is 4.08. The number of pyridine rings is 1. The van der Waals surface area contributed by atoms with Crippen LogP contribution in [0.4, 0.5) is 10.1 Å². The average molecular weight is 247 g/mol. The molecule has 1 fully saturated rings. The monoisotopic (exact) mass is 247 g/mol. The van der Waals surface area contributed by atoms with Gasteiger partial charge in [0.1, 0.15) is 6.17 Å². The number of carbonyl (C=O) groups is 1. The molecule has 0 bridgehead atoms. The van der Waals surface area contributed by atoms with E-state index < -0.39 is 6.17 Å². The maximum Gasteiger partial charge on any atom is 0.166 e. The Morgan fingerprint density at radius 2 is 2.28 bits per heavy atom. The highest BCUT2D eigenvalue weighted by molar-refractivity contribution is 6.02. The standard InChI is InChI=1S/C13H14FN3O/c1-2-13(18)11-5-15-17-8-10(3-4-12(11)17)16-6-9(14)7-16/h3-5,8-9H,2,6-7H2,1H3. The molecule has 1 saturated heterocycles. The van der Waals surface area contributed by atoms with Crippen molar-refractivity contribution < 1.29 is 9.18 Å². The molecule has 0 spiro atoms. The zero-order valence-electron chi connectivity index (χ0n) is 10.1. The molecule has 0 radical (unpaired) electrons. The van der Waals surface area contributed by atoms with Gasteiger partial charge in [-0.05, 0) is 12.1 Å². The molecule has 0 amide bonds. The third kappa shape index (κ3) is 1.66. The minimum atomic E-state index is -0.726. The molecule has 1 aliphatic heterocycles. The van der Waals surface area contributed by atoms with Crippen LogP contribution in [-0.2, 0) is 0 Å². The van der Waals surface area contributed by atoms with E-state index in [2.05, 4.69) is 5.10 Å². The molecule has 18 heavy (non-hydrogen) atoms. The third-order valence-corrected chi connectivity index (χ3v) is 3.32. The minimum Gasteiger partial charge on any atom is -0.364 e. The summed E-state index contributed by atoms with van der Waals surface area (Å²) in [6.45, 7) is 2.71.